The zero-order valence-electron chi connectivity index (χ0n) is 17.6. The summed E-state index contributed by atoms with van der Waals surface area (Å²) in [5, 5.41) is 0.488. The highest BCUT2D eigenvalue weighted by Crippen LogP contribution is 2.35. The van der Waals surface area contributed by atoms with Crippen LogP contribution in [0.2, 0.25) is 10.0 Å². The quantitative estimate of drug-likeness (QED) is 0.275. The molecule has 2 amide bonds. The second-order valence-electron chi connectivity index (χ2n) is 7.62. The number of aryl methyl sites for hydroxylation is 2. The van der Waals surface area contributed by atoms with E-state index in [9.17, 15) is 19.2 Å². The van der Waals surface area contributed by atoms with Gasteiger partial charge in [-0.2, -0.15) is 0 Å². The Morgan fingerprint density at radius 1 is 0.879 bits per heavy atom. The highest BCUT2D eigenvalue weighted by Gasteiger charge is 2.38. The van der Waals surface area contributed by atoms with Crippen molar-refractivity contribution >= 4 is 52.5 Å². The van der Waals surface area contributed by atoms with Crippen LogP contribution >= 0.6 is 23.2 Å². The molecule has 1 heterocycles. The first-order valence-electron chi connectivity index (χ1n) is 9.93. The molecular weight excluding hydrogens is 465 g/mol. The van der Waals surface area contributed by atoms with E-state index in [1.807, 2.05) is 19.1 Å². The molecule has 6 nitrogen and oxygen atoms in total. The predicted octanol–water partition coefficient (Wildman–Crippen LogP) is 5.45. The minimum Gasteiger partial charge on any atom is -0.454 e. The number of imide groups is 1. The molecule has 0 bridgehead atoms. The number of nitrogens with zero attached hydrogens (tertiary/aromatic N) is 1. The minimum absolute atomic E-state index is 0.0337. The fraction of sp³-hybridized carbons (Fsp3) is 0.120. The average Bonchev–Trinajstić information content (AvgIpc) is 3.04. The Kier molecular flexibility index (Phi) is 6.06. The molecule has 0 atom stereocenters. The van der Waals surface area contributed by atoms with E-state index in [4.69, 9.17) is 27.9 Å². The Bertz CT molecular complexity index is 1350. The maximum atomic E-state index is 13.0. The lowest BCUT2D eigenvalue weighted by atomic mass is 10.0. The van der Waals surface area contributed by atoms with Crippen LogP contribution in [-0.2, 0) is 4.74 Å². The molecule has 0 N–H and O–H groups in total. The Balaban J connectivity index is 1.54. The number of ketones is 1. The van der Waals surface area contributed by atoms with Gasteiger partial charge in [-0.25, -0.2) is 9.69 Å². The Morgan fingerprint density at radius 2 is 1.61 bits per heavy atom. The molecule has 4 rings (SSSR count). The van der Waals surface area contributed by atoms with Crippen molar-refractivity contribution in [1.82, 2.24) is 0 Å². The molecule has 0 saturated carbocycles. The number of anilines is 1. The number of amides is 2. The molecule has 0 spiro atoms. The lowest BCUT2D eigenvalue weighted by Crippen LogP contribution is -2.29. The number of hydrogen-bond acceptors (Lipinski definition) is 5. The van der Waals surface area contributed by atoms with Crippen molar-refractivity contribution in [2.45, 2.75) is 13.8 Å². The molecule has 33 heavy (non-hydrogen) atoms. The largest absolute Gasteiger partial charge is 0.454 e. The number of fused-ring (bicyclic) bond motifs is 1. The molecule has 0 saturated heterocycles. The predicted molar refractivity (Wildman–Crippen MR) is 125 cm³/mol. The Morgan fingerprint density at radius 3 is 2.36 bits per heavy atom. The monoisotopic (exact) mass is 481 g/mol. The summed E-state index contributed by atoms with van der Waals surface area (Å²) in [6, 6.07) is 13.9. The summed E-state index contributed by atoms with van der Waals surface area (Å²) in [6.07, 6.45) is 0. The molecule has 3 aromatic rings. The smallest absolute Gasteiger partial charge is 0.338 e. The molecule has 0 fully saturated rings. The number of carbonyl (C=O) groups is 4. The third kappa shape index (κ3) is 4.27. The van der Waals surface area contributed by atoms with Gasteiger partial charge in [-0.3, -0.25) is 14.4 Å². The summed E-state index contributed by atoms with van der Waals surface area (Å²) in [6.45, 7) is 3.22. The Hall–Kier alpha value is -3.48. The molecule has 1 aliphatic heterocycles. The van der Waals surface area contributed by atoms with E-state index in [1.165, 1.54) is 30.3 Å². The van der Waals surface area contributed by atoms with E-state index in [0.29, 0.717) is 10.6 Å². The van der Waals surface area contributed by atoms with Crippen LogP contribution in [0.5, 0.6) is 0 Å². The van der Waals surface area contributed by atoms with Crippen LogP contribution in [0.4, 0.5) is 5.69 Å². The second kappa shape index (κ2) is 8.81. The number of halogens is 2. The molecule has 0 radical (unpaired) electrons. The number of carbonyl (C=O) groups excluding carboxylic acids is 4. The fourth-order valence-corrected chi connectivity index (χ4v) is 3.94. The van der Waals surface area contributed by atoms with E-state index < -0.39 is 24.4 Å². The number of rotatable bonds is 5. The number of ether oxygens (including phenoxy) is 1. The van der Waals surface area contributed by atoms with Crippen molar-refractivity contribution in [3.63, 3.8) is 0 Å². The third-order valence-electron chi connectivity index (χ3n) is 5.30. The number of Topliss-reactive ketones (excluding diaryl/α,β-unsaturated/α-hetero) is 1. The number of hydrogen-bond donors (Lipinski definition) is 0. The highest BCUT2D eigenvalue weighted by molar-refractivity contribution is 6.41. The van der Waals surface area contributed by atoms with Gasteiger partial charge in [-0.05, 0) is 61.9 Å². The van der Waals surface area contributed by atoms with Crippen LogP contribution in [0.3, 0.4) is 0 Å². The molecule has 0 aromatic heterocycles. The van der Waals surface area contributed by atoms with E-state index in [2.05, 4.69) is 0 Å². The van der Waals surface area contributed by atoms with Gasteiger partial charge in [-0.15, -0.1) is 0 Å². The zero-order valence-corrected chi connectivity index (χ0v) is 19.2. The van der Waals surface area contributed by atoms with Crippen molar-refractivity contribution in [2.24, 2.45) is 0 Å². The van der Waals surface area contributed by atoms with Crippen LogP contribution in [0.25, 0.3) is 0 Å². The maximum absolute atomic E-state index is 13.0. The van der Waals surface area contributed by atoms with Gasteiger partial charge in [0.25, 0.3) is 11.8 Å². The normalized spacial score (nSPS) is 12.7. The average molecular weight is 482 g/mol. The maximum Gasteiger partial charge on any atom is 0.338 e. The van der Waals surface area contributed by atoms with Gasteiger partial charge in [-0.1, -0.05) is 40.9 Å². The summed E-state index contributed by atoms with van der Waals surface area (Å²) >= 11 is 12.2. The van der Waals surface area contributed by atoms with Gasteiger partial charge in [0.05, 0.1) is 27.4 Å². The van der Waals surface area contributed by atoms with Crippen LogP contribution < -0.4 is 4.90 Å². The van der Waals surface area contributed by atoms with Gasteiger partial charge >= 0.3 is 5.97 Å². The van der Waals surface area contributed by atoms with Crippen molar-refractivity contribution < 1.29 is 23.9 Å². The van der Waals surface area contributed by atoms with E-state index >= 15 is 0 Å². The molecule has 1 aliphatic rings. The highest BCUT2D eigenvalue weighted by atomic mass is 35.5. The van der Waals surface area contributed by atoms with E-state index in [-0.39, 0.29) is 33.2 Å². The number of benzene rings is 3. The lowest BCUT2D eigenvalue weighted by molar-refractivity contribution is 0.0474. The first-order valence-corrected chi connectivity index (χ1v) is 10.7. The van der Waals surface area contributed by atoms with Crippen LogP contribution in [0.1, 0.15) is 52.6 Å². The van der Waals surface area contributed by atoms with E-state index in [0.717, 1.165) is 16.0 Å². The Labute approximate surface area is 199 Å². The second-order valence-corrected chi connectivity index (χ2v) is 8.46. The minimum atomic E-state index is -0.782. The number of esters is 1. The summed E-state index contributed by atoms with van der Waals surface area (Å²) in [5.41, 5.74) is 2.53. The summed E-state index contributed by atoms with van der Waals surface area (Å²) < 4.78 is 5.17. The summed E-state index contributed by atoms with van der Waals surface area (Å²) in [7, 11) is 0. The van der Waals surface area contributed by atoms with Crippen molar-refractivity contribution in [2.75, 3.05) is 11.5 Å². The van der Waals surface area contributed by atoms with Gasteiger partial charge in [0, 0.05) is 10.6 Å². The fourth-order valence-electron chi connectivity index (χ4n) is 3.57. The van der Waals surface area contributed by atoms with Crippen LogP contribution in [0.15, 0.2) is 54.6 Å². The molecule has 3 aromatic carbocycles. The third-order valence-corrected chi connectivity index (χ3v) is 5.85. The SMILES string of the molecule is Cc1ccc(C)c(C(=O)COC(=O)c2ccc3c(c2)C(=O)N(c2cc(Cl)ccc2Cl)C3=O)c1. The van der Waals surface area contributed by atoms with E-state index in [1.54, 1.807) is 19.1 Å². The van der Waals surface area contributed by atoms with Crippen molar-refractivity contribution in [3.05, 3.63) is 98.0 Å². The lowest BCUT2D eigenvalue weighted by Gasteiger charge is -2.15. The van der Waals surface area contributed by atoms with Gasteiger partial charge in [0.2, 0.25) is 5.78 Å². The topological polar surface area (TPSA) is 80.8 Å². The molecule has 8 heteroatoms. The van der Waals surface area contributed by atoms with Gasteiger partial charge in [0.1, 0.15) is 0 Å². The molecular formula is C25H17Cl2NO5. The zero-order chi connectivity index (χ0) is 23.9. The first-order chi connectivity index (χ1) is 15.7. The van der Waals surface area contributed by atoms with Crippen molar-refractivity contribution in [1.29, 1.82) is 0 Å². The molecule has 166 valence electrons. The van der Waals surface area contributed by atoms with Gasteiger partial charge < -0.3 is 4.74 Å². The van der Waals surface area contributed by atoms with Crippen LogP contribution in [0, 0.1) is 13.8 Å². The summed E-state index contributed by atoms with van der Waals surface area (Å²) in [4.78, 5) is 51.7. The first kappa shape index (κ1) is 22.7. The van der Waals surface area contributed by atoms with Crippen molar-refractivity contribution in [3.8, 4) is 0 Å². The standard InChI is InChI=1S/C25H17Cl2NO5/c1-13-3-4-14(2)18(9-13)22(29)12-33-25(32)15-5-7-17-19(10-15)24(31)28(23(17)30)21-11-16(26)6-8-20(21)27/h3-11H,12H2,1-2H3. The molecule has 0 unspecified atom stereocenters. The molecule has 0 aliphatic carbocycles. The van der Waals surface area contributed by atoms with Gasteiger partial charge in [0.15, 0.2) is 6.61 Å². The van der Waals surface area contributed by atoms with Crippen LogP contribution in [-0.4, -0.2) is 30.2 Å². The summed E-state index contributed by atoms with van der Waals surface area (Å²) in [5.74, 6) is -2.33.